The van der Waals surface area contributed by atoms with Crippen LogP contribution in [0.25, 0.3) is 5.57 Å². The van der Waals surface area contributed by atoms with E-state index in [4.69, 9.17) is 0 Å². The van der Waals surface area contributed by atoms with Gasteiger partial charge in [0.15, 0.2) is 0 Å². The number of hydrogen-bond acceptors (Lipinski definition) is 4. The molecule has 2 aliphatic rings. The van der Waals surface area contributed by atoms with E-state index in [0.29, 0.717) is 12.3 Å². The fourth-order valence-corrected chi connectivity index (χ4v) is 3.84. The van der Waals surface area contributed by atoms with Gasteiger partial charge in [-0.3, -0.25) is 4.99 Å². The summed E-state index contributed by atoms with van der Waals surface area (Å²) in [5.74, 6) is 1.11. The summed E-state index contributed by atoms with van der Waals surface area (Å²) in [4.78, 5) is 8.94. The van der Waals surface area contributed by atoms with Crippen LogP contribution in [-0.4, -0.2) is 54.3 Å². The summed E-state index contributed by atoms with van der Waals surface area (Å²) in [6.45, 7) is 15.1. The van der Waals surface area contributed by atoms with Crippen molar-refractivity contribution in [3.63, 3.8) is 0 Å². The van der Waals surface area contributed by atoms with Crippen LogP contribution in [0.2, 0.25) is 0 Å². The number of piperidine rings is 1. The van der Waals surface area contributed by atoms with E-state index in [0.717, 1.165) is 36.6 Å². The molecule has 1 saturated heterocycles. The highest BCUT2D eigenvalue weighted by Gasteiger charge is 2.16. The summed E-state index contributed by atoms with van der Waals surface area (Å²) in [6.07, 6.45) is 12.4. The molecule has 1 N–H and O–H groups in total. The van der Waals surface area contributed by atoms with Crippen LogP contribution >= 0.6 is 0 Å². The number of likely N-dealkylation sites (tertiary alicyclic amines) is 1. The third-order valence-electron chi connectivity index (χ3n) is 5.27. The molecule has 158 valence electrons. The van der Waals surface area contributed by atoms with Crippen molar-refractivity contribution in [1.82, 2.24) is 9.80 Å². The molecule has 0 radical (unpaired) electrons. The second-order valence-electron chi connectivity index (χ2n) is 7.70. The number of rotatable bonds is 7. The van der Waals surface area contributed by atoms with Crippen LogP contribution in [0.4, 0.5) is 0 Å². The number of phenols is 1. The lowest BCUT2D eigenvalue weighted by Crippen LogP contribution is -2.35. The number of hydrogen-bond donors (Lipinski definition) is 1. The zero-order valence-electron chi connectivity index (χ0n) is 18.3. The Morgan fingerprint density at radius 1 is 1.28 bits per heavy atom. The zero-order valence-corrected chi connectivity index (χ0v) is 18.3. The fourth-order valence-electron chi connectivity index (χ4n) is 3.84. The van der Waals surface area contributed by atoms with Gasteiger partial charge >= 0.3 is 0 Å². The van der Waals surface area contributed by atoms with E-state index < -0.39 is 0 Å². The maximum atomic E-state index is 9.49. The van der Waals surface area contributed by atoms with Gasteiger partial charge in [-0.15, -0.1) is 0 Å². The molecule has 29 heavy (non-hydrogen) atoms. The summed E-state index contributed by atoms with van der Waals surface area (Å²) in [6, 6.07) is 7.35. The van der Waals surface area contributed by atoms with Gasteiger partial charge in [0.1, 0.15) is 5.75 Å². The van der Waals surface area contributed by atoms with Crippen LogP contribution in [-0.2, 0) is 0 Å². The average molecular weight is 396 g/mol. The van der Waals surface area contributed by atoms with Crippen LogP contribution < -0.4 is 0 Å². The van der Waals surface area contributed by atoms with Crippen molar-refractivity contribution in [1.29, 1.82) is 0 Å². The largest absolute Gasteiger partial charge is 0.508 e. The van der Waals surface area contributed by atoms with E-state index in [1.54, 1.807) is 12.1 Å². The molecular formula is C25H37N3O. The highest BCUT2D eigenvalue weighted by Crippen LogP contribution is 2.23. The van der Waals surface area contributed by atoms with Gasteiger partial charge in [0, 0.05) is 32.0 Å². The van der Waals surface area contributed by atoms with Gasteiger partial charge in [-0.2, -0.15) is 0 Å². The van der Waals surface area contributed by atoms with Crippen molar-refractivity contribution in [2.75, 3.05) is 32.7 Å². The highest BCUT2D eigenvalue weighted by atomic mass is 16.3. The molecule has 4 heteroatoms. The van der Waals surface area contributed by atoms with Crippen molar-refractivity contribution >= 4 is 12.3 Å². The topological polar surface area (TPSA) is 39.1 Å². The molecule has 0 spiro atoms. The first-order chi connectivity index (χ1) is 14.1. The molecular weight excluding hydrogens is 358 g/mol. The molecule has 3 rings (SSSR count). The summed E-state index contributed by atoms with van der Waals surface area (Å²) < 4.78 is 0. The average Bonchev–Trinajstić information content (AvgIpc) is 2.74. The van der Waals surface area contributed by atoms with Gasteiger partial charge in [-0.1, -0.05) is 45.1 Å². The third-order valence-corrected chi connectivity index (χ3v) is 5.27. The fraction of sp³-hybridized carbons (Fsp3) is 0.480. The second kappa shape index (κ2) is 12.3. The number of aromatic hydroxyl groups is 1. The Labute approximate surface area is 176 Å². The Hall–Kier alpha value is -2.33. The van der Waals surface area contributed by atoms with Gasteiger partial charge < -0.3 is 14.9 Å². The van der Waals surface area contributed by atoms with Gasteiger partial charge in [0.25, 0.3) is 0 Å². The SMILES string of the molecule is C=NC/C(=C\N1C=C(c2ccc(O)cc2)C=CC1)CCN1CCC[C@@H](C)C1.CC. The Bertz CT molecular complexity index is 718. The Morgan fingerprint density at radius 2 is 2.03 bits per heavy atom. The number of nitrogens with zero attached hydrogens (tertiary/aromatic N) is 3. The van der Waals surface area contributed by atoms with Crippen molar-refractivity contribution in [3.8, 4) is 5.75 Å². The van der Waals surface area contributed by atoms with Gasteiger partial charge in [0.05, 0.1) is 6.54 Å². The molecule has 0 unspecified atom stereocenters. The predicted molar refractivity (Wildman–Crippen MR) is 125 cm³/mol. The number of phenolic OH excluding ortho intramolecular Hbond substituents is 1. The molecule has 0 amide bonds. The van der Waals surface area contributed by atoms with Crippen LogP contribution in [0, 0.1) is 5.92 Å². The standard InChI is InChI=1S/C23H31N3O.C2H6/c1-19-5-3-12-25(16-19)14-11-20(15-24-2)17-26-13-4-6-22(18-26)21-7-9-23(27)10-8-21;1-2/h4,6-10,17-19,27H,2-3,5,11-16H2,1H3;1-2H3/b20-17-;/t19-;/m1./s1. The monoisotopic (exact) mass is 395 g/mol. The molecule has 1 aromatic carbocycles. The lowest BCUT2D eigenvalue weighted by Gasteiger charge is -2.31. The minimum absolute atomic E-state index is 0.294. The van der Waals surface area contributed by atoms with E-state index in [2.05, 4.69) is 53.0 Å². The molecule has 4 nitrogen and oxygen atoms in total. The molecule has 0 aliphatic carbocycles. The van der Waals surface area contributed by atoms with Gasteiger partial charge in [0.2, 0.25) is 0 Å². The summed E-state index contributed by atoms with van der Waals surface area (Å²) in [7, 11) is 0. The molecule has 2 aliphatic heterocycles. The number of allylic oxidation sites excluding steroid dienone is 2. The summed E-state index contributed by atoms with van der Waals surface area (Å²) >= 11 is 0. The molecule has 0 saturated carbocycles. The van der Waals surface area contributed by atoms with E-state index in [9.17, 15) is 5.11 Å². The van der Waals surface area contributed by atoms with E-state index in [1.165, 1.54) is 31.5 Å². The van der Waals surface area contributed by atoms with Crippen LogP contribution in [0.5, 0.6) is 5.75 Å². The molecule has 1 fully saturated rings. The van der Waals surface area contributed by atoms with Gasteiger partial charge in [-0.25, -0.2) is 0 Å². The van der Waals surface area contributed by atoms with Crippen molar-refractivity contribution in [3.05, 3.63) is 60.0 Å². The smallest absolute Gasteiger partial charge is 0.115 e. The van der Waals surface area contributed by atoms with Crippen LogP contribution in [0.1, 0.15) is 45.6 Å². The van der Waals surface area contributed by atoms with Crippen LogP contribution in [0.3, 0.4) is 0 Å². The second-order valence-corrected chi connectivity index (χ2v) is 7.70. The molecule has 0 aromatic heterocycles. The molecule has 1 aromatic rings. The number of benzene rings is 1. The first-order valence-electron chi connectivity index (χ1n) is 10.9. The lowest BCUT2D eigenvalue weighted by molar-refractivity contribution is 0.185. The Kier molecular flexibility index (Phi) is 9.72. The Balaban J connectivity index is 0.00000145. The molecule has 1 atom stereocenters. The quantitative estimate of drug-likeness (QED) is 0.634. The first-order valence-corrected chi connectivity index (χ1v) is 10.9. The van der Waals surface area contributed by atoms with E-state index >= 15 is 0 Å². The summed E-state index contributed by atoms with van der Waals surface area (Å²) in [5, 5.41) is 9.49. The van der Waals surface area contributed by atoms with Crippen molar-refractivity contribution < 1.29 is 5.11 Å². The van der Waals surface area contributed by atoms with Crippen molar-refractivity contribution in [2.45, 2.75) is 40.0 Å². The Morgan fingerprint density at radius 3 is 2.72 bits per heavy atom. The summed E-state index contributed by atoms with van der Waals surface area (Å²) in [5.41, 5.74) is 3.57. The first kappa shape index (κ1) is 23.0. The lowest BCUT2D eigenvalue weighted by atomic mass is 10.00. The molecule has 0 bridgehead atoms. The maximum absolute atomic E-state index is 9.49. The predicted octanol–water partition coefficient (Wildman–Crippen LogP) is 5.34. The highest BCUT2D eigenvalue weighted by molar-refractivity contribution is 5.75. The third kappa shape index (κ3) is 7.54. The zero-order chi connectivity index (χ0) is 21.1. The minimum Gasteiger partial charge on any atom is -0.508 e. The normalized spacial score (nSPS) is 20.0. The van der Waals surface area contributed by atoms with Gasteiger partial charge in [-0.05, 0) is 67.3 Å². The van der Waals surface area contributed by atoms with E-state index in [1.807, 2.05) is 26.0 Å². The molecule has 2 heterocycles. The number of aliphatic imine (C=N–C) groups is 1. The van der Waals surface area contributed by atoms with E-state index in [-0.39, 0.29) is 0 Å². The maximum Gasteiger partial charge on any atom is 0.115 e. The van der Waals surface area contributed by atoms with Crippen molar-refractivity contribution in [2.24, 2.45) is 10.9 Å². The minimum atomic E-state index is 0.294. The van der Waals surface area contributed by atoms with Crippen LogP contribution in [0.15, 0.2) is 59.4 Å².